The summed E-state index contributed by atoms with van der Waals surface area (Å²) >= 11 is 12.7. The second-order valence-electron chi connectivity index (χ2n) is 14.9. The minimum absolute atomic E-state index is 0.0304. The van der Waals surface area contributed by atoms with E-state index in [-0.39, 0.29) is 51.7 Å². The predicted molar refractivity (Wildman–Crippen MR) is 173 cm³/mol. The first-order valence-electron chi connectivity index (χ1n) is 16.6. The fourth-order valence-electron chi connectivity index (χ4n) is 9.16. The highest BCUT2D eigenvalue weighted by Crippen LogP contribution is 2.66. The fourth-order valence-corrected chi connectivity index (χ4v) is 9.54. The maximum Gasteiger partial charge on any atom is 0.244 e. The number of pyridine rings is 1. The normalized spacial score (nSPS) is 34.6. The highest BCUT2D eigenvalue weighted by molar-refractivity contribution is 6.31. The zero-order chi connectivity index (χ0) is 33.3. The van der Waals surface area contributed by atoms with E-state index in [1.807, 2.05) is 12.2 Å². The number of rotatable bonds is 5. The molecule has 2 spiro atoms. The number of aromatic nitrogens is 3. The van der Waals surface area contributed by atoms with Crippen LogP contribution in [0.1, 0.15) is 107 Å². The Labute approximate surface area is 283 Å². The van der Waals surface area contributed by atoms with Crippen LogP contribution >= 0.6 is 23.2 Å². The molecule has 2 amide bonds. The Balaban J connectivity index is 1.24. The van der Waals surface area contributed by atoms with E-state index in [9.17, 15) is 14.7 Å². The number of carbonyl (C=O) groups excluding carboxylic acids is 2. The minimum Gasteiger partial charge on any atom is -0.422 e. The average molecular weight is 688 g/mol. The van der Waals surface area contributed by atoms with Gasteiger partial charge in [-0.1, -0.05) is 43.1 Å². The molecule has 47 heavy (non-hydrogen) atoms. The van der Waals surface area contributed by atoms with E-state index in [0.717, 1.165) is 25.7 Å². The van der Waals surface area contributed by atoms with Crippen molar-refractivity contribution >= 4 is 35.0 Å². The van der Waals surface area contributed by atoms with Gasteiger partial charge in [-0.3, -0.25) is 14.9 Å². The SMILES string of the molecule is C[C@@H](O)c1nnc([C@H]2CC[C@H](NC(=O)[C@@H]3NC4(CCC(C)(C)CC4)[C@@]4(C(=O)NC5C=C(Cl)C=CC54)[C@H]3c3ccnc(Cl)c3F)CC2)o1. The van der Waals surface area contributed by atoms with Crippen molar-refractivity contribution in [3.63, 3.8) is 0 Å². The monoisotopic (exact) mass is 686 g/mol. The zero-order valence-electron chi connectivity index (χ0n) is 26.7. The number of nitrogens with one attached hydrogen (secondary N) is 3. The molecule has 2 unspecified atom stereocenters. The summed E-state index contributed by atoms with van der Waals surface area (Å²) in [5.74, 6) is -1.74. The number of halogens is 3. The Morgan fingerprint density at radius 1 is 1.15 bits per heavy atom. The second kappa shape index (κ2) is 11.9. The molecule has 5 aliphatic rings. The van der Waals surface area contributed by atoms with Crippen LogP contribution in [0, 0.1) is 22.6 Å². The van der Waals surface area contributed by atoms with Gasteiger partial charge in [0.25, 0.3) is 0 Å². The summed E-state index contributed by atoms with van der Waals surface area (Å²) in [6.45, 7) is 6.03. The summed E-state index contributed by atoms with van der Waals surface area (Å²) in [4.78, 5) is 33.2. The molecule has 4 heterocycles. The van der Waals surface area contributed by atoms with Crippen LogP contribution in [0.15, 0.2) is 39.9 Å². The highest BCUT2D eigenvalue weighted by Gasteiger charge is 2.75. The molecule has 2 aliphatic heterocycles. The number of amides is 2. The molecule has 0 bridgehead atoms. The molecule has 4 fully saturated rings. The Morgan fingerprint density at radius 3 is 2.55 bits per heavy atom. The van der Waals surface area contributed by atoms with Gasteiger partial charge in [-0.25, -0.2) is 9.37 Å². The lowest BCUT2D eigenvalue weighted by molar-refractivity contribution is -0.134. The first-order valence-corrected chi connectivity index (χ1v) is 17.4. The van der Waals surface area contributed by atoms with Crippen molar-refractivity contribution in [2.75, 3.05) is 0 Å². The van der Waals surface area contributed by atoms with Gasteiger partial charge in [-0.15, -0.1) is 10.2 Å². The van der Waals surface area contributed by atoms with Crippen LogP contribution in [0.25, 0.3) is 0 Å². The Morgan fingerprint density at radius 2 is 1.87 bits per heavy atom. The van der Waals surface area contributed by atoms with Gasteiger partial charge >= 0.3 is 0 Å². The molecule has 6 atom stereocenters. The third-order valence-corrected chi connectivity index (χ3v) is 12.1. The quantitative estimate of drug-likeness (QED) is 0.309. The molecule has 2 saturated carbocycles. The predicted octanol–water partition coefficient (Wildman–Crippen LogP) is 5.34. The summed E-state index contributed by atoms with van der Waals surface area (Å²) < 4.78 is 21.8. The van der Waals surface area contributed by atoms with Crippen molar-refractivity contribution in [2.24, 2.45) is 16.7 Å². The van der Waals surface area contributed by atoms with Gasteiger partial charge in [-0.2, -0.15) is 0 Å². The molecule has 0 aromatic carbocycles. The fraction of sp³-hybridized carbons (Fsp3) is 0.618. The summed E-state index contributed by atoms with van der Waals surface area (Å²) in [5, 5.41) is 28.3. The van der Waals surface area contributed by atoms with Gasteiger partial charge < -0.3 is 20.2 Å². The number of aliphatic hydroxyl groups is 1. The maximum absolute atomic E-state index is 16.2. The number of allylic oxidation sites excluding steroid dienone is 2. The van der Waals surface area contributed by atoms with Gasteiger partial charge in [-0.05, 0) is 87.5 Å². The number of hydrogen-bond donors (Lipinski definition) is 4. The van der Waals surface area contributed by atoms with E-state index in [4.69, 9.17) is 27.6 Å². The number of aliphatic hydroxyl groups excluding tert-OH is 1. The van der Waals surface area contributed by atoms with Gasteiger partial charge in [0, 0.05) is 40.6 Å². The number of nitrogens with zero attached hydrogens (tertiary/aromatic N) is 3. The molecule has 2 saturated heterocycles. The Bertz CT molecular complexity index is 1630. The molecular formula is C34H41Cl2FN6O4. The summed E-state index contributed by atoms with van der Waals surface area (Å²) in [6.07, 6.45) is 12.0. The van der Waals surface area contributed by atoms with Gasteiger partial charge in [0.2, 0.25) is 23.6 Å². The van der Waals surface area contributed by atoms with E-state index in [1.165, 1.54) is 6.20 Å². The van der Waals surface area contributed by atoms with E-state index >= 15 is 4.39 Å². The summed E-state index contributed by atoms with van der Waals surface area (Å²) in [6, 6.07) is 0.123. The molecule has 3 aliphatic carbocycles. The zero-order valence-corrected chi connectivity index (χ0v) is 28.2. The van der Waals surface area contributed by atoms with Crippen LogP contribution in [-0.4, -0.2) is 55.8 Å². The first-order chi connectivity index (χ1) is 22.3. The molecular weight excluding hydrogens is 646 g/mol. The molecule has 252 valence electrons. The average Bonchev–Trinajstić information content (AvgIpc) is 3.71. The minimum atomic E-state index is -1.20. The van der Waals surface area contributed by atoms with Gasteiger partial charge in [0.1, 0.15) is 6.10 Å². The second-order valence-corrected chi connectivity index (χ2v) is 15.7. The largest absolute Gasteiger partial charge is 0.422 e. The van der Waals surface area contributed by atoms with Crippen LogP contribution in [0.2, 0.25) is 5.15 Å². The van der Waals surface area contributed by atoms with Crippen LogP contribution in [-0.2, 0) is 9.59 Å². The lowest BCUT2D eigenvalue weighted by Gasteiger charge is -2.52. The molecule has 2 aromatic rings. The van der Waals surface area contributed by atoms with E-state index in [1.54, 1.807) is 19.1 Å². The number of hydrogen-bond acceptors (Lipinski definition) is 8. The third kappa shape index (κ3) is 5.32. The lowest BCUT2D eigenvalue weighted by atomic mass is 9.51. The molecule has 13 heteroatoms. The Hall–Kier alpha value is -2.86. The molecule has 0 radical (unpaired) electrons. The van der Waals surface area contributed by atoms with Crippen LogP contribution in [0.3, 0.4) is 0 Å². The number of carbonyl (C=O) groups is 2. The molecule has 10 nitrogen and oxygen atoms in total. The third-order valence-electron chi connectivity index (χ3n) is 11.6. The van der Waals surface area contributed by atoms with E-state index in [0.29, 0.717) is 36.6 Å². The standard InChI is InChI=1S/C34H41Cl2FN6O4/c1-17(44)29-42-43-30(47-29)18-4-7-20(8-5-18)39-28(45)26-24(21-10-15-38-27(36)25(21)37)34(33(41-26)13-11-32(2,3)12-14-33)22-9-6-19(35)16-23(22)40-31(34)46/h6,9-10,15-18,20,22-24,26,41,44H,4-5,7-8,11-14H2,1-3H3,(H,39,45)(H,40,46)/t17-,18-,20-,22?,23?,24+,26-,34-/m1/s1. The van der Waals surface area contributed by atoms with E-state index < -0.39 is 40.9 Å². The molecule has 7 rings (SSSR count). The van der Waals surface area contributed by atoms with Crippen molar-refractivity contribution in [1.29, 1.82) is 0 Å². The Kier molecular flexibility index (Phi) is 8.29. The summed E-state index contributed by atoms with van der Waals surface area (Å²) in [7, 11) is 0. The van der Waals surface area contributed by atoms with Gasteiger partial charge in [0.15, 0.2) is 11.0 Å². The maximum atomic E-state index is 16.2. The van der Waals surface area contributed by atoms with E-state index in [2.05, 4.69) is 45.0 Å². The first kappa shape index (κ1) is 32.7. The summed E-state index contributed by atoms with van der Waals surface area (Å²) in [5.41, 5.74) is -1.73. The van der Waals surface area contributed by atoms with Crippen molar-refractivity contribution < 1.29 is 23.5 Å². The van der Waals surface area contributed by atoms with Crippen molar-refractivity contribution in [2.45, 2.75) is 114 Å². The molecule has 4 N–H and O–H groups in total. The van der Waals surface area contributed by atoms with Crippen molar-refractivity contribution in [3.8, 4) is 0 Å². The highest BCUT2D eigenvalue weighted by atomic mass is 35.5. The van der Waals surface area contributed by atoms with Gasteiger partial charge in [0.05, 0.1) is 17.5 Å². The smallest absolute Gasteiger partial charge is 0.244 e. The van der Waals surface area contributed by atoms with Crippen molar-refractivity contribution in [3.05, 3.63) is 63.8 Å². The van der Waals surface area contributed by atoms with Crippen LogP contribution in [0.4, 0.5) is 4.39 Å². The van der Waals surface area contributed by atoms with Crippen molar-refractivity contribution in [1.82, 2.24) is 31.1 Å². The lowest BCUT2D eigenvalue weighted by Crippen LogP contribution is -2.61. The topological polar surface area (TPSA) is 142 Å². The van der Waals surface area contributed by atoms with Crippen LogP contribution in [0.5, 0.6) is 0 Å². The van der Waals surface area contributed by atoms with Crippen LogP contribution < -0.4 is 16.0 Å². The number of fused-ring (bicyclic) bond motifs is 3. The molecule has 2 aromatic heterocycles.